The quantitative estimate of drug-likeness (QED) is 0.622. The first-order chi connectivity index (χ1) is 12.1. The predicted molar refractivity (Wildman–Crippen MR) is 91.2 cm³/mol. The van der Waals surface area contributed by atoms with Crippen molar-refractivity contribution in [3.05, 3.63) is 77.6 Å². The lowest BCUT2D eigenvalue weighted by atomic mass is 10.2. The van der Waals surface area contributed by atoms with Crippen LogP contribution in [0.15, 0.2) is 59.1 Å². The fourth-order valence-electron chi connectivity index (χ4n) is 2.34. The van der Waals surface area contributed by atoms with Crippen LogP contribution >= 0.6 is 0 Å². The fourth-order valence-corrected chi connectivity index (χ4v) is 2.34. The summed E-state index contributed by atoms with van der Waals surface area (Å²) in [5.74, 6) is 0.0283. The number of hydrogen-bond donors (Lipinski definition) is 0. The number of benzene rings is 2. The monoisotopic (exact) mass is 339 g/mol. The molecule has 1 heterocycles. The molecule has 0 aliphatic rings. The van der Waals surface area contributed by atoms with Crippen molar-refractivity contribution in [1.82, 2.24) is 4.98 Å². The highest BCUT2D eigenvalue weighted by Crippen LogP contribution is 2.23. The van der Waals surface area contributed by atoms with Crippen molar-refractivity contribution in [3.8, 4) is 11.3 Å². The normalized spacial score (nSPS) is 10.6. The third-order valence-electron chi connectivity index (χ3n) is 3.76. The molecule has 0 spiro atoms. The highest BCUT2D eigenvalue weighted by Gasteiger charge is 2.12. The van der Waals surface area contributed by atoms with Gasteiger partial charge in [-0.3, -0.25) is 4.79 Å². The molecular weight excluding hydrogens is 321 g/mol. The minimum atomic E-state index is -0.372. The molecule has 25 heavy (non-hydrogen) atoms. The van der Waals surface area contributed by atoms with Crippen LogP contribution in [0.1, 0.15) is 23.4 Å². The molecule has 0 radical (unpaired) electrons. The summed E-state index contributed by atoms with van der Waals surface area (Å²) >= 11 is 0. The number of halogens is 1. The molecule has 0 saturated heterocycles. The van der Waals surface area contributed by atoms with E-state index in [0.717, 1.165) is 11.1 Å². The van der Waals surface area contributed by atoms with Gasteiger partial charge in [0.05, 0.1) is 18.2 Å². The van der Waals surface area contributed by atoms with Crippen molar-refractivity contribution in [2.24, 2.45) is 0 Å². The van der Waals surface area contributed by atoms with Crippen molar-refractivity contribution in [2.45, 2.75) is 26.4 Å². The number of esters is 1. The molecule has 3 rings (SSSR count). The summed E-state index contributed by atoms with van der Waals surface area (Å²) in [6.07, 6.45) is 1.93. The number of carbonyl (C=O) groups is 1. The highest BCUT2D eigenvalue weighted by atomic mass is 19.1. The Labute approximate surface area is 145 Å². The molecule has 0 unspecified atom stereocenters. The summed E-state index contributed by atoms with van der Waals surface area (Å²) in [6, 6.07) is 14.1. The zero-order valence-corrected chi connectivity index (χ0v) is 13.9. The van der Waals surface area contributed by atoms with E-state index in [-0.39, 0.29) is 24.8 Å². The van der Waals surface area contributed by atoms with E-state index in [2.05, 4.69) is 4.98 Å². The Morgan fingerprint density at radius 3 is 2.68 bits per heavy atom. The van der Waals surface area contributed by atoms with Crippen molar-refractivity contribution < 1.29 is 18.3 Å². The molecular formula is C20H18FNO3. The molecule has 0 amide bonds. The van der Waals surface area contributed by atoms with Gasteiger partial charge in [0.2, 0.25) is 0 Å². The number of aromatic nitrogens is 1. The van der Waals surface area contributed by atoms with Gasteiger partial charge in [-0.05, 0) is 24.6 Å². The molecule has 2 aromatic carbocycles. The molecule has 0 bridgehead atoms. The van der Waals surface area contributed by atoms with Crippen LogP contribution in [0.3, 0.4) is 0 Å². The Kier molecular flexibility index (Phi) is 5.23. The standard InChI is InChI=1S/C20H18FNO3/c1-14-6-8-15(9-7-14)13-24-20(23)11-10-19-22-12-18(25-19)16-4-2-3-5-17(16)21/h2-9,12H,10-11,13H2,1H3. The molecule has 1 aromatic heterocycles. The molecule has 0 aliphatic carbocycles. The number of carbonyl (C=O) groups excluding carboxylic acids is 1. The Balaban J connectivity index is 1.51. The predicted octanol–water partition coefficient (Wildman–Crippen LogP) is 4.47. The summed E-state index contributed by atoms with van der Waals surface area (Å²) in [5.41, 5.74) is 2.45. The van der Waals surface area contributed by atoms with Crippen molar-refractivity contribution in [3.63, 3.8) is 0 Å². The number of hydrogen-bond acceptors (Lipinski definition) is 4. The van der Waals surface area contributed by atoms with Gasteiger partial charge in [0.15, 0.2) is 11.7 Å². The highest BCUT2D eigenvalue weighted by molar-refractivity contribution is 5.69. The van der Waals surface area contributed by atoms with Crippen LogP contribution in [-0.4, -0.2) is 11.0 Å². The third kappa shape index (κ3) is 4.53. The Morgan fingerprint density at radius 1 is 1.16 bits per heavy atom. The van der Waals surface area contributed by atoms with Crippen LogP contribution < -0.4 is 0 Å². The number of oxazole rings is 1. The minimum Gasteiger partial charge on any atom is -0.461 e. The maximum atomic E-state index is 13.7. The van der Waals surface area contributed by atoms with Crippen LogP contribution in [0.5, 0.6) is 0 Å². The zero-order valence-electron chi connectivity index (χ0n) is 13.9. The number of aryl methyl sites for hydroxylation is 2. The van der Waals surface area contributed by atoms with E-state index in [1.54, 1.807) is 18.2 Å². The second kappa shape index (κ2) is 7.75. The number of ether oxygens (including phenoxy) is 1. The Morgan fingerprint density at radius 2 is 1.92 bits per heavy atom. The third-order valence-corrected chi connectivity index (χ3v) is 3.76. The lowest BCUT2D eigenvalue weighted by Gasteiger charge is -2.04. The first-order valence-electron chi connectivity index (χ1n) is 8.02. The van der Waals surface area contributed by atoms with Gasteiger partial charge in [0.1, 0.15) is 12.4 Å². The van der Waals surface area contributed by atoms with E-state index < -0.39 is 0 Å². The number of rotatable bonds is 6. The molecule has 0 aliphatic heterocycles. The van der Waals surface area contributed by atoms with Gasteiger partial charge in [-0.1, -0.05) is 42.0 Å². The lowest BCUT2D eigenvalue weighted by Crippen LogP contribution is -2.06. The molecule has 0 atom stereocenters. The topological polar surface area (TPSA) is 52.3 Å². The van der Waals surface area contributed by atoms with E-state index in [1.807, 2.05) is 31.2 Å². The maximum Gasteiger partial charge on any atom is 0.306 e. The van der Waals surface area contributed by atoms with Crippen molar-refractivity contribution in [2.75, 3.05) is 0 Å². The van der Waals surface area contributed by atoms with E-state index >= 15 is 0 Å². The van der Waals surface area contributed by atoms with Gasteiger partial charge in [0.25, 0.3) is 0 Å². The average molecular weight is 339 g/mol. The minimum absolute atomic E-state index is 0.156. The maximum absolute atomic E-state index is 13.7. The van der Waals surface area contributed by atoms with Gasteiger partial charge in [-0.25, -0.2) is 9.37 Å². The molecule has 4 nitrogen and oxygen atoms in total. The van der Waals surface area contributed by atoms with Gasteiger partial charge in [-0.15, -0.1) is 0 Å². The zero-order chi connectivity index (χ0) is 17.6. The van der Waals surface area contributed by atoms with E-state index in [1.165, 1.54) is 12.3 Å². The van der Waals surface area contributed by atoms with Crippen molar-refractivity contribution >= 4 is 5.97 Å². The van der Waals surface area contributed by atoms with E-state index in [0.29, 0.717) is 23.6 Å². The van der Waals surface area contributed by atoms with Crippen molar-refractivity contribution in [1.29, 1.82) is 0 Å². The summed E-state index contributed by atoms with van der Waals surface area (Å²) < 4.78 is 24.5. The molecule has 3 aromatic rings. The fraction of sp³-hybridized carbons (Fsp3) is 0.200. The smallest absolute Gasteiger partial charge is 0.306 e. The summed E-state index contributed by atoms with van der Waals surface area (Å²) in [7, 11) is 0. The Bertz CT molecular complexity index is 855. The van der Waals surface area contributed by atoms with Crippen LogP contribution in [-0.2, 0) is 22.6 Å². The average Bonchev–Trinajstić information content (AvgIpc) is 3.08. The summed E-state index contributed by atoms with van der Waals surface area (Å²) in [4.78, 5) is 15.9. The second-order valence-electron chi connectivity index (χ2n) is 5.74. The van der Waals surface area contributed by atoms with Crippen LogP contribution in [0.25, 0.3) is 11.3 Å². The first kappa shape index (κ1) is 16.9. The van der Waals surface area contributed by atoms with E-state index in [4.69, 9.17) is 9.15 Å². The van der Waals surface area contributed by atoms with Crippen LogP contribution in [0.2, 0.25) is 0 Å². The van der Waals surface area contributed by atoms with Gasteiger partial charge in [0, 0.05) is 6.42 Å². The van der Waals surface area contributed by atoms with Gasteiger partial charge in [-0.2, -0.15) is 0 Å². The van der Waals surface area contributed by atoms with Crippen LogP contribution in [0.4, 0.5) is 4.39 Å². The summed E-state index contributed by atoms with van der Waals surface area (Å²) in [5, 5.41) is 0. The molecule has 128 valence electrons. The van der Waals surface area contributed by atoms with Gasteiger partial charge < -0.3 is 9.15 Å². The lowest BCUT2D eigenvalue weighted by molar-refractivity contribution is -0.145. The van der Waals surface area contributed by atoms with Crippen LogP contribution in [0, 0.1) is 12.7 Å². The SMILES string of the molecule is Cc1ccc(COC(=O)CCc2ncc(-c3ccccc3F)o2)cc1. The Hall–Kier alpha value is -2.95. The number of nitrogens with zero attached hydrogens (tertiary/aromatic N) is 1. The molecule has 0 fully saturated rings. The molecule has 0 saturated carbocycles. The second-order valence-corrected chi connectivity index (χ2v) is 5.74. The van der Waals surface area contributed by atoms with Gasteiger partial charge >= 0.3 is 5.97 Å². The molecule has 0 N–H and O–H groups in total. The largest absolute Gasteiger partial charge is 0.461 e. The van der Waals surface area contributed by atoms with E-state index in [9.17, 15) is 9.18 Å². The molecule has 5 heteroatoms. The summed E-state index contributed by atoms with van der Waals surface area (Å²) in [6.45, 7) is 2.24. The first-order valence-corrected chi connectivity index (χ1v) is 8.02.